The molecule has 9 heteroatoms. The van der Waals surface area contributed by atoms with Crippen molar-refractivity contribution in [3.05, 3.63) is 117 Å². The standard InChI is InChI=1S/C31H25BrFN3O4/c1-18-14-25(10-13-28(18)32)36-30(38)27(29(37)34-31(36)39)16-22-15-19(2)35(20(22)3)24-8-11-26(12-9-24)40-17-21-4-6-23(33)7-5-21/h4-16H,17H2,1-3H3,(H,34,37,39)/b27-16+. The van der Waals surface area contributed by atoms with Gasteiger partial charge < -0.3 is 9.30 Å². The van der Waals surface area contributed by atoms with Crippen molar-refractivity contribution in [2.24, 2.45) is 0 Å². The molecular formula is C31H25BrFN3O4. The fraction of sp³-hybridized carbons (Fsp3) is 0.129. The number of hydrogen-bond donors (Lipinski definition) is 1. The van der Waals surface area contributed by atoms with Crippen LogP contribution in [0.5, 0.6) is 5.75 Å². The Bertz CT molecular complexity index is 1670. The van der Waals surface area contributed by atoms with E-state index in [-0.39, 0.29) is 11.4 Å². The van der Waals surface area contributed by atoms with E-state index in [0.29, 0.717) is 23.6 Å². The molecule has 4 amide bonds. The lowest BCUT2D eigenvalue weighted by Gasteiger charge is -2.26. The van der Waals surface area contributed by atoms with Crippen molar-refractivity contribution in [2.45, 2.75) is 27.4 Å². The zero-order valence-electron chi connectivity index (χ0n) is 22.0. The molecule has 0 atom stereocenters. The van der Waals surface area contributed by atoms with E-state index in [9.17, 15) is 18.8 Å². The Kier molecular flexibility index (Phi) is 7.40. The second-order valence-electron chi connectivity index (χ2n) is 9.46. The molecule has 0 saturated carbocycles. The molecule has 0 radical (unpaired) electrons. The summed E-state index contributed by atoms with van der Waals surface area (Å²) in [5.41, 5.74) is 5.19. The van der Waals surface area contributed by atoms with Gasteiger partial charge in [-0.25, -0.2) is 14.1 Å². The van der Waals surface area contributed by atoms with E-state index in [1.165, 1.54) is 18.2 Å². The molecule has 0 unspecified atom stereocenters. The lowest BCUT2D eigenvalue weighted by Crippen LogP contribution is -2.54. The molecular weight excluding hydrogens is 577 g/mol. The minimum atomic E-state index is -0.791. The first-order chi connectivity index (χ1) is 19.1. The molecule has 0 spiro atoms. The van der Waals surface area contributed by atoms with E-state index in [0.717, 1.165) is 37.6 Å². The van der Waals surface area contributed by atoms with Gasteiger partial charge in [0.15, 0.2) is 0 Å². The van der Waals surface area contributed by atoms with Crippen LogP contribution in [0.15, 0.2) is 82.8 Å². The number of carbonyl (C=O) groups is 3. The van der Waals surface area contributed by atoms with Crippen LogP contribution in [0.4, 0.5) is 14.9 Å². The Morgan fingerprint density at radius 2 is 1.57 bits per heavy atom. The number of aryl methyl sites for hydroxylation is 2. The topological polar surface area (TPSA) is 80.6 Å². The summed E-state index contributed by atoms with van der Waals surface area (Å²) in [6.07, 6.45) is 1.52. The highest BCUT2D eigenvalue weighted by atomic mass is 79.9. The third kappa shape index (κ3) is 5.33. The largest absolute Gasteiger partial charge is 0.489 e. The molecule has 40 heavy (non-hydrogen) atoms. The summed E-state index contributed by atoms with van der Waals surface area (Å²) >= 11 is 3.42. The average Bonchev–Trinajstić information content (AvgIpc) is 3.20. The van der Waals surface area contributed by atoms with Crippen molar-refractivity contribution < 1.29 is 23.5 Å². The first kappa shape index (κ1) is 27.1. The van der Waals surface area contributed by atoms with Gasteiger partial charge in [0.25, 0.3) is 11.8 Å². The van der Waals surface area contributed by atoms with Gasteiger partial charge in [-0.15, -0.1) is 0 Å². The number of amides is 4. The summed E-state index contributed by atoms with van der Waals surface area (Å²) in [5.74, 6) is -1.06. The molecule has 3 aromatic carbocycles. The highest BCUT2D eigenvalue weighted by Gasteiger charge is 2.37. The summed E-state index contributed by atoms with van der Waals surface area (Å²) in [7, 11) is 0. The smallest absolute Gasteiger partial charge is 0.335 e. The van der Waals surface area contributed by atoms with Gasteiger partial charge in [0.05, 0.1) is 5.69 Å². The Balaban J connectivity index is 1.40. The second kappa shape index (κ2) is 10.9. The van der Waals surface area contributed by atoms with Crippen LogP contribution in [0.3, 0.4) is 0 Å². The average molecular weight is 602 g/mol. The zero-order valence-corrected chi connectivity index (χ0v) is 23.6. The number of hydrogen-bond acceptors (Lipinski definition) is 4. The number of ether oxygens (including phenoxy) is 1. The molecule has 0 bridgehead atoms. The van der Waals surface area contributed by atoms with Crippen LogP contribution in [-0.2, 0) is 16.2 Å². The lowest BCUT2D eigenvalue weighted by atomic mass is 10.1. The minimum absolute atomic E-state index is 0.134. The van der Waals surface area contributed by atoms with Crippen molar-refractivity contribution in [1.82, 2.24) is 9.88 Å². The van der Waals surface area contributed by atoms with Crippen LogP contribution in [0, 0.1) is 26.6 Å². The summed E-state index contributed by atoms with van der Waals surface area (Å²) in [6, 6.07) is 19.8. The maximum atomic E-state index is 13.4. The molecule has 1 aromatic heterocycles. The number of rotatable bonds is 6. The molecule has 1 aliphatic rings. The van der Waals surface area contributed by atoms with Gasteiger partial charge >= 0.3 is 6.03 Å². The van der Waals surface area contributed by atoms with Gasteiger partial charge in [-0.1, -0.05) is 28.1 Å². The fourth-order valence-electron chi connectivity index (χ4n) is 4.59. The lowest BCUT2D eigenvalue weighted by molar-refractivity contribution is -0.122. The van der Waals surface area contributed by atoms with Gasteiger partial charge in [0.1, 0.15) is 23.7 Å². The van der Waals surface area contributed by atoms with Gasteiger partial charge in [0.2, 0.25) is 0 Å². The summed E-state index contributed by atoms with van der Waals surface area (Å²) in [5, 5.41) is 2.28. The normalized spacial score (nSPS) is 14.6. The van der Waals surface area contributed by atoms with E-state index in [4.69, 9.17) is 4.74 Å². The predicted molar refractivity (Wildman–Crippen MR) is 154 cm³/mol. The molecule has 0 aliphatic carbocycles. The quantitative estimate of drug-likeness (QED) is 0.201. The van der Waals surface area contributed by atoms with Gasteiger partial charge in [-0.3, -0.25) is 14.9 Å². The van der Waals surface area contributed by atoms with Crippen LogP contribution >= 0.6 is 15.9 Å². The van der Waals surface area contributed by atoms with Crippen molar-refractivity contribution in [3.63, 3.8) is 0 Å². The Morgan fingerprint density at radius 3 is 2.25 bits per heavy atom. The molecule has 202 valence electrons. The Hall–Kier alpha value is -4.50. The third-order valence-electron chi connectivity index (χ3n) is 6.69. The maximum Gasteiger partial charge on any atom is 0.335 e. The maximum absolute atomic E-state index is 13.4. The van der Waals surface area contributed by atoms with Crippen LogP contribution in [0.25, 0.3) is 11.8 Å². The van der Waals surface area contributed by atoms with Crippen molar-refractivity contribution >= 4 is 45.5 Å². The number of aromatic nitrogens is 1. The monoisotopic (exact) mass is 601 g/mol. The molecule has 1 aliphatic heterocycles. The number of nitrogens with one attached hydrogen (secondary N) is 1. The van der Waals surface area contributed by atoms with Gasteiger partial charge in [0, 0.05) is 21.5 Å². The molecule has 1 fully saturated rings. The summed E-state index contributed by atoms with van der Waals surface area (Å²) in [6.45, 7) is 5.98. The number of nitrogens with zero attached hydrogens (tertiary/aromatic N) is 2. The number of benzene rings is 3. The first-order valence-electron chi connectivity index (χ1n) is 12.5. The van der Waals surface area contributed by atoms with E-state index < -0.39 is 17.8 Å². The number of urea groups is 1. The zero-order chi connectivity index (χ0) is 28.6. The van der Waals surface area contributed by atoms with Crippen molar-refractivity contribution in [3.8, 4) is 11.4 Å². The summed E-state index contributed by atoms with van der Waals surface area (Å²) in [4.78, 5) is 39.6. The van der Waals surface area contributed by atoms with Crippen molar-refractivity contribution in [2.75, 3.05) is 4.90 Å². The minimum Gasteiger partial charge on any atom is -0.489 e. The third-order valence-corrected chi connectivity index (χ3v) is 7.57. The Labute approximate surface area is 239 Å². The van der Waals surface area contributed by atoms with Crippen LogP contribution in [0.2, 0.25) is 0 Å². The van der Waals surface area contributed by atoms with E-state index >= 15 is 0 Å². The van der Waals surface area contributed by atoms with Gasteiger partial charge in [-0.2, -0.15) is 0 Å². The predicted octanol–water partition coefficient (Wildman–Crippen LogP) is 6.55. The number of barbiturate groups is 1. The second-order valence-corrected chi connectivity index (χ2v) is 10.3. The first-order valence-corrected chi connectivity index (χ1v) is 13.3. The van der Waals surface area contributed by atoms with E-state index in [1.807, 2.05) is 55.7 Å². The molecule has 4 aromatic rings. The molecule has 1 N–H and O–H groups in total. The Morgan fingerprint density at radius 1 is 0.900 bits per heavy atom. The van der Waals surface area contributed by atoms with Crippen LogP contribution < -0.4 is 15.0 Å². The SMILES string of the molecule is Cc1cc(N2C(=O)NC(=O)/C(=C\c3cc(C)n(-c4ccc(OCc5ccc(F)cc5)cc4)c3C)C2=O)ccc1Br. The highest BCUT2D eigenvalue weighted by molar-refractivity contribution is 9.10. The molecule has 7 nitrogen and oxygen atoms in total. The molecule has 2 heterocycles. The fourth-order valence-corrected chi connectivity index (χ4v) is 4.83. The number of imide groups is 2. The highest BCUT2D eigenvalue weighted by Crippen LogP contribution is 2.29. The number of anilines is 1. The van der Waals surface area contributed by atoms with E-state index in [2.05, 4.69) is 21.2 Å². The van der Waals surface area contributed by atoms with Crippen LogP contribution in [-0.4, -0.2) is 22.4 Å². The molecule has 1 saturated heterocycles. The van der Waals surface area contributed by atoms with Gasteiger partial charge in [-0.05, 0) is 104 Å². The van der Waals surface area contributed by atoms with Crippen LogP contribution in [0.1, 0.15) is 28.1 Å². The summed E-state index contributed by atoms with van der Waals surface area (Å²) < 4.78 is 21.8. The van der Waals surface area contributed by atoms with Crippen molar-refractivity contribution in [1.29, 1.82) is 0 Å². The van der Waals surface area contributed by atoms with E-state index in [1.54, 1.807) is 30.3 Å². The molecule has 5 rings (SSSR count). The number of halogens is 2. The number of carbonyl (C=O) groups excluding carboxylic acids is 3.